The van der Waals surface area contributed by atoms with Gasteiger partial charge in [-0.05, 0) is 55.8 Å². The van der Waals surface area contributed by atoms with E-state index < -0.39 is 0 Å². The van der Waals surface area contributed by atoms with Gasteiger partial charge in [-0.25, -0.2) is 0 Å². The Kier molecular flexibility index (Phi) is 3.86. The van der Waals surface area contributed by atoms with Crippen molar-refractivity contribution < 1.29 is 0 Å². The van der Waals surface area contributed by atoms with Crippen molar-refractivity contribution in [2.24, 2.45) is 29.1 Å². The maximum atomic E-state index is 3.47. The summed E-state index contributed by atoms with van der Waals surface area (Å²) in [6, 6.07) is 0. The maximum absolute atomic E-state index is 3.47. The van der Waals surface area contributed by atoms with Crippen LogP contribution in [-0.4, -0.2) is 0 Å². The van der Waals surface area contributed by atoms with E-state index in [-0.39, 0.29) is 0 Å². The number of hydrogen-bond donors (Lipinski definition) is 0. The zero-order valence-corrected chi connectivity index (χ0v) is 12.1. The summed E-state index contributed by atoms with van der Waals surface area (Å²) in [5.74, 6) is 9.99. The molecule has 0 saturated heterocycles. The minimum Gasteiger partial charge on any atom is -0.100 e. The van der Waals surface area contributed by atoms with Crippen molar-refractivity contribution >= 4 is 0 Å². The van der Waals surface area contributed by atoms with Gasteiger partial charge in [0.1, 0.15) is 0 Å². The largest absolute Gasteiger partial charge is 0.100 e. The van der Waals surface area contributed by atoms with Gasteiger partial charge in [0.25, 0.3) is 0 Å². The first-order valence-corrected chi connectivity index (χ1v) is 7.52. The highest BCUT2D eigenvalue weighted by molar-refractivity contribution is 5.13. The van der Waals surface area contributed by atoms with Crippen LogP contribution in [0.3, 0.4) is 0 Å². The first kappa shape index (κ1) is 13.0. The number of rotatable bonds is 1. The van der Waals surface area contributed by atoms with Gasteiger partial charge in [0, 0.05) is 11.8 Å². The van der Waals surface area contributed by atoms with Crippen LogP contribution in [0, 0.1) is 40.9 Å². The molecule has 2 aliphatic rings. The first-order chi connectivity index (χ1) is 8.01. The molecule has 0 heteroatoms. The minimum absolute atomic E-state index is 0.545. The molecule has 0 unspecified atom stereocenters. The van der Waals surface area contributed by atoms with Gasteiger partial charge in [-0.2, -0.15) is 0 Å². The molecule has 0 heterocycles. The second-order valence-corrected chi connectivity index (χ2v) is 7.13. The highest BCUT2D eigenvalue weighted by atomic mass is 14.5. The Morgan fingerprint density at radius 3 is 2.06 bits per heavy atom. The van der Waals surface area contributed by atoms with Crippen molar-refractivity contribution in [1.29, 1.82) is 0 Å². The lowest BCUT2D eigenvalue weighted by molar-refractivity contribution is 0.0164. The molecule has 1 spiro atoms. The second kappa shape index (κ2) is 5.05. The van der Waals surface area contributed by atoms with E-state index in [9.17, 15) is 0 Å². The molecule has 17 heavy (non-hydrogen) atoms. The average Bonchev–Trinajstić information content (AvgIpc) is 2.23. The second-order valence-electron chi connectivity index (χ2n) is 7.13. The zero-order chi connectivity index (χ0) is 12.5. The molecule has 0 nitrogen and oxygen atoms in total. The molecule has 0 aromatic rings. The monoisotopic (exact) mass is 232 g/mol. The molecule has 2 fully saturated rings. The molecule has 0 radical (unpaired) electrons. The van der Waals surface area contributed by atoms with Gasteiger partial charge < -0.3 is 0 Å². The van der Waals surface area contributed by atoms with E-state index in [1.54, 1.807) is 0 Å². The van der Waals surface area contributed by atoms with Gasteiger partial charge >= 0.3 is 0 Å². The van der Waals surface area contributed by atoms with E-state index in [4.69, 9.17) is 0 Å². The quantitative estimate of drug-likeness (QED) is 0.565. The predicted molar refractivity (Wildman–Crippen MR) is 74.6 cm³/mol. The number of hydrogen-bond acceptors (Lipinski definition) is 0. The molecule has 0 aromatic carbocycles. The van der Waals surface area contributed by atoms with Gasteiger partial charge in [0.2, 0.25) is 0 Å². The Bertz CT molecular complexity index is 297. The molecule has 0 N–H and O–H groups in total. The Labute approximate surface area is 108 Å². The topological polar surface area (TPSA) is 0 Å². The van der Waals surface area contributed by atoms with Gasteiger partial charge in [0.15, 0.2) is 0 Å². The normalized spacial score (nSPS) is 36.8. The molecule has 0 bridgehead atoms. The highest BCUT2D eigenvalue weighted by Crippen LogP contribution is 2.56. The predicted octanol–water partition coefficient (Wildman–Crippen LogP) is 4.89. The van der Waals surface area contributed by atoms with Crippen LogP contribution in [0.15, 0.2) is 0 Å². The van der Waals surface area contributed by atoms with Crippen molar-refractivity contribution in [3.05, 3.63) is 0 Å². The lowest BCUT2D eigenvalue weighted by atomic mass is 9.54. The third-order valence-corrected chi connectivity index (χ3v) is 4.97. The van der Waals surface area contributed by atoms with Crippen molar-refractivity contribution in [2.45, 2.75) is 66.2 Å². The smallest absolute Gasteiger partial charge is 0.0213 e. The van der Waals surface area contributed by atoms with E-state index >= 15 is 0 Å². The Morgan fingerprint density at radius 2 is 1.59 bits per heavy atom. The van der Waals surface area contributed by atoms with Crippen molar-refractivity contribution in [3.8, 4) is 11.8 Å². The molecule has 0 aliphatic heterocycles. The third kappa shape index (κ3) is 3.06. The average molecular weight is 232 g/mol. The molecule has 96 valence electrons. The summed E-state index contributed by atoms with van der Waals surface area (Å²) in [5.41, 5.74) is 0.724. The molecule has 2 saturated carbocycles. The summed E-state index contributed by atoms with van der Waals surface area (Å²) in [4.78, 5) is 0. The Hall–Kier alpha value is -0.440. The highest BCUT2D eigenvalue weighted by Gasteiger charge is 2.45. The minimum atomic E-state index is 0.545. The summed E-state index contributed by atoms with van der Waals surface area (Å²) >= 11 is 0. The van der Waals surface area contributed by atoms with Crippen molar-refractivity contribution in [1.82, 2.24) is 0 Å². The molecule has 0 atom stereocenters. The van der Waals surface area contributed by atoms with Gasteiger partial charge in [-0.15, -0.1) is 5.92 Å². The Morgan fingerprint density at radius 1 is 1.00 bits per heavy atom. The summed E-state index contributed by atoms with van der Waals surface area (Å²) in [6.07, 6.45) is 8.71. The van der Waals surface area contributed by atoms with E-state index in [1.807, 2.05) is 0 Å². The lowest BCUT2D eigenvalue weighted by Crippen LogP contribution is -2.40. The maximum Gasteiger partial charge on any atom is 0.0213 e. The van der Waals surface area contributed by atoms with E-state index in [1.165, 1.54) is 38.5 Å². The van der Waals surface area contributed by atoms with Crippen LogP contribution in [0.1, 0.15) is 66.2 Å². The fraction of sp³-hybridized carbons (Fsp3) is 0.882. The lowest BCUT2D eigenvalue weighted by Gasteiger charge is -2.50. The molecule has 0 amide bonds. The van der Waals surface area contributed by atoms with E-state index in [0.717, 1.165) is 23.2 Å². The van der Waals surface area contributed by atoms with Gasteiger partial charge in [0.05, 0.1) is 0 Å². The van der Waals surface area contributed by atoms with Crippen LogP contribution in [0.2, 0.25) is 0 Å². The van der Waals surface area contributed by atoms with Crippen LogP contribution in [0.25, 0.3) is 0 Å². The van der Waals surface area contributed by atoms with Crippen LogP contribution in [-0.2, 0) is 0 Å². The van der Waals surface area contributed by atoms with Crippen LogP contribution >= 0.6 is 0 Å². The van der Waals surface area contributed by atoms with E-state index in [0.29, 0.717) is 5.92 Å². The molecule has 0 aromatic heterocycles. The fourth-order valence-electron chi connectivity index (χ4n) is 3.70. The van der Waals surface area contributed by atoms with Crippen LogP contribution < -0.4 is 0 Å². The first-order valence-electron chi connectivity index (χ1n) is 7.52. The third-order valence-electron chi connectivity index (χ3n) is 4.97. The van der Waals surface area contributed by atoms with Crippen molar-refractivity contribution in [3.63, 3.8) is 0 Å². The summed E-state index contributed by atoms with van der Waals surface area (Å²) in [6.45, 7) is 9.16. The van der Waals surface area contributed by atoms with Crippen LogP contribution in [0.5, 0.6) is 0 Å². The standard InChI is InChI=1S/C17H28/c1-13(2)5-6-15-11-17(12-15)9-7-16(8-10-17)14(3)4/h13-16H,7-12H2,1-4H3. The fourth-order valence-corrected chi connectivity index (χ4v) is 3.70. The molecular weight excluding hydrogens is 204 g/mol. The van der Waals surface area contributed by atoms with Gasteiger partial charge in [-0.3, -0.25) is 0 Å². The van der Waals surface area contributed by atoms with Crippen LogP contribution in [0.4, 0.5) is 0 Å². The molecule has 2 aliphatic carbocycles. The Balaban J connectivity index is 1.78. The molecular formula is C17H28. The zero-order valence-electron chi connectivity index (χ0n) is 12.1. The summed E-state index contributed by atoms with van der Waals surface area (Å²) in [5, 5.41) is 0. The summed E-state index contributed by atoms with van der Waals surface area (Å²) in [7, 11) is 0. The SMILES string of the molecule is CC(C)C#CC1CC2(CCC(C(C)C)CC2)C1. The van der Waals surface area contributed by atoms with Crippen molar-refractivity contribution in [2.75, 3.05) is 0 Å². The van der Waals surface area contributed by atoms with E-state index in [2.05, 4.69) is 39.5 Å². The molecule has 2 rings (SSSR count). The summed E-state index contributed by atoms with van der Waals surface area (Å²) < 4.78 is 0. The van der Waals surface area contributed by atoms with Gasteiger partial charge in [-0.1, -0.05) is 33.6 Å².